The fourth-order valence-corrected chi connectivity index (χ4v) is 3.72. The van der Waals surface area contributed by atoms with E-state index in [1.807, 2.05) is 0 Å². The summed E-state index contributed by atoms with van der Waals surface area (Å²) in [4.78, 5) is 26.0. The maximum atomic E-state index is 14.6. The van der Waals surface area contributed by atoms with Crippen LogP contribution in [0.3, 0.4) is 0 Å². The highest BCUT2D eigenvalue weighted by atomic mass is 19.1. The van der Waals surface area contributed by atoms with Crippen molar-refractivity contribution in [1.29, 1.82) is 0 Å². The van der Waals surface area contributed by atoms with Crippen LogP contribution in [-0.2, 0) is 9.47 Å². The maximum absolute atomic E-state index is 14.6. The average Bonchev–Trinajstić information content (AvgIpc) is 2.95. The average molecular weight is 394 g/mol. The van der Waals surface area contributed by atoms with Gasteiger partial charge in [-0.3, -0.25) is 0 Å². The second-order valence-corrected chi connectivity index (χ2v) is 8.34. The molecule has 0 radical (unpaired) electrons. The van der Waals surface area contributed by atoms with Gasteiger partial charge in [0.05, 0.1) is 18.7 Å². The Morgan fingerprint density at radius 1 is 1.39 bits per heavy atom. The van der Waals surface area contributed by atoms with Crippen LogP contribution in [0.1, 0.15) is 62.5 Å². The first kappa shape index (κ1) is 20.4. The molecule has 28 heavy (non-hydrogen) atoms. The summed E-state index contributed by atoms with van der Waals surface area (Å²) in [5, 5.41) is 0. The minimum atomic E-state index is -0.733. The molecule has 2 atom stereocenters. The molecule has 2 N–H and O–H groups in total. The molecule has 8 heteroatoms. The van der Waals surface area contributed by atoms with E-state index in [2.05, 4.69) is 0 Å². The second kappa shape index (κ2) is 7.24. The fourth-order valence-electron chi connectivity index (χ4n) is 3.72. The minimum absolute atomic E-state index is 0.0735. The highest BCUT2D eigenvalue weighted by molar-refractivity contribution is 5.90. The third-order valence-corrected chi connectivity index (χ3v) is 4.86. The lowest BCUT2D eigenvalue weighted by Gasteiger charge is -2.38. The van der Waals surface area contributed by atoms with Crippen molar-refractivity contribution in [2.45, 2.75) is 57.8 Å². The predicted molar refractivity (Wildman–Crippen MR) is 99.7 cm³/mol. The van der Waals surface area contributed by atoms with E-state index in [0.29, 0.717) is 25.9 Å². The number of nitrogens with zero attached hydrogens (tertiary/aromatic N) is 1. The number of nitrogens with two attached hydrogens (primary N) is 1. The molecular weight excluding hydrogens is 367 g/mol. The Kier molecular flexibility index (Phi) is 5.27. The van der Waals surface area contributed by atoms with Crippen molar-refractivity contribution < 1.29 is 28.2 Å². The number of carbonyl (C=O) groups is 2. The van der Waals surface area contributed by atoms with Crippen molar-refractivity contribution in [3.8, 4) is 5.75 Å². The second-order valence-electron chi connectivity index (χ2n) is 8.34. The van der Waals surface area contributed by atoms with Gasteiger partial charge < -0.3 is 24.8 Å². The quantitative estimate of drug-likeness (QED) is 0.775. The lowest BCUT2D eigenvalue weighted by molar-refractivity contribution is 0.0140. The summed E-state index contributed by atoms with van der Waals surface area (Å²) in [5.41, 5.74) is 5.23. The van der Waals surface area contributed by atoms with E-state index in [1.165, 1.54) is 6.07 Å². The maximum Gasteiger partial charge on any atom is 0.410 e. The number of halogens is 1. The van der Waals surface area contributed by atoms with E-state index < -0.39 is 35.1 Å². The number of hydrogen-bond donors (Lipinski definition) is 1. The molecule has 0 aromatic heterocycles. The van der Waals surface area contributed by atoms with Crippen LogP contribution in [0.2, 0.25) is 0 Å². The summed E-state index contributed by atoms with van der Waals surface area (Å²) in [6, 6.07) is 1.99. The van der Waals surface area contributed by atoms with Gasteiger partial charge in [0.25, 0.3) is 0 Å². The van der Waals surface area contributed by atoms with Crippen LogP contribution in [0.25, 0.3) is 0 Å². The third-order valence-electron chi connectivity index (χ3n) is 4.86. The number of carbonyl (C=O) groups excluding carboxylic acids is 2. The van der Waals surface area contributed by atoms with E-state index in [-0.39, 0.29) is 23.5 Å². The molecule has 0 saturated carbocycles. The van der Waals surface area contributed by atoms with Crippen molar-refractivity contribution in [2.24, 2.45) is 5.73 Å². The molecule has 154 valence electrons. The molecule has 0 bridgehead atoms. The molecule has 1 aromatic carbocycles. The van der Waals surface area contributed by atoms with Gasteiger partial charge in [0.1, 0.15) is 22.8 Å². The van der Waals surface area contributed by atoms with E-state index >= 15 is 0 Å². The SMILES string of the molecule is CCOC(=O)c1cc(F)c2c(c1)OC1(CCN(C(=O)OC(C)(C)C)C1)CC2N. The van der Waals surface area contributed by atoms with Crippen LogP contribution in [-0.4, -0.2) is 47.9 Å². The van der Waals surface area contributed by atoms with Crippen LogP contribution in [0.5, 0.6) is 5.75 Å². The van der Waals surface area contributed by atoms with Crippen molar-refractivity contribution >= 4 is 12.1 Å². The molecule has 1 amide bonds. The molecule has 7 nitrogen and oxygen atoms in total. The van der Waals surface area contributed by atoms with Crippen LogP contribution >= 0.6 is 0 Å². The number of likely N-dealkylation sites (tertiary alicyclic amines) is 1. The van der Waals surface area contributed by atoms with E-state index in [9.17, 15) is 14.0 Å². The number of hydrogen-bond acceptors (Lipinski definition) is 6. The van der Waals surface area contributed by atoms with E-state index in [1.54, 1.807) is 32.6 Å². The number of rotatable bonds is 2. The lowest BCUT2D eigenvalue weighted by atomic mass is 9.86. The lowest BCUT2D eigenvalue weighted by Crippen LogP contribution is -2.47. The van der Waals surface area contributed by atoms with E-state index in [0.717, 1.165) is 6.07 Å². The monoisotopic (exact) mass is 394 g/mol. The predicted octanol–water partition coefficient (Wildman–Crippen LogP) is 3.16. The van der Waals surface area contributed by atoms with Crippen LogP contribution in [0.15, 0.2) is 12.1 Å². The summed E-state index contributed by atoms with van der Waals surface area (Å²) in [6.45, 7) is 8.03. The molecular formula is C20H27FN2O5. The van der Waals surface area contributed by atoms with Crippen LogP contribution in [0, 0.1) is 5.82 Å². The molecule has 2 unspecified atom stereocenters. The highest BCUT2D eigenvalue weighted by Crippen LogP contribution is 2.44. The first-order valence-electron chi connectivity index (χ1n) is 9.47. The normalized spacial score (nSPS) is 23.9. The Balaban J connectivity index is 1.84. The molecule has 3 rings (SSSR count). The van der Waals surface area contributed by atoms with Gasteiger partial charge >= 0.3 is 12.1 Å². The van der Waals surface area contributed by atoms with Gasteiger partial charge in [0.15, 0.2) is 0 Å². The highest BCUT2D eigenvalue weighted by Gasteiger charge is 2.48. The van der Waals surface area contributed by atoms with Crippen molar-refractivity contribution in [3.63, 3.8) is 0 Å². The van der Waals surface area contributed by atoms with Gasteiger partial charge in [-0.05, 0) is 39.8 Å². The summed E-state index contributed by atoms with van der Waals surface area (Å²) in [7, 11) is 0. The zero-order valence-electron chi connectivity index (χ0n) is 16.7. The molecule has 1 aromatic rings. The largest absolute Gasteiger partial charge is 0.485 e. The first-order valence-corrected chi connectivity index (χ1v) is 9.47. The Hall–Kier alpha value is -2.35. The van der Waals surface area contributed by atoms with Crippen molar-refractivity contribution in [3.05, 3.63) is 29.1 Å². The summed E-state index contributed by atoms with van der Waals surface area (Å²) in [6.07, 6.45) is 0.498. The summed E-state index contributed by atoms with van der Waals surface area (Å²) >= 11 is 0. The van der Waals surface area contributed by atoms with Gasteiger partial charge in [0, 0.05) is 31.0 Å². The van der Waals surface area contributed by atoms with Crippen LogP contribution < -0.4 is 10.5 Å². The zero-order chi connectivity index (χ0) is 20.7. The fraction of sp³-hybridized carbons (Fsp3) is 0.600. The number of esters is 1. The number of benzene rings is 1. The van der Waals surface area contributed by atoms with Gasteiger partial charge in [-0.15, -0.1) is 0 Å². The number of amides is 1. The molecule has 2 heterocycles. The first-order chi connectivity index (χ1) is 13.0. The van der Waals surface area contributed by atoms with Crippen LogP contribution in [0.4, 0.5) is 9.18 Å². The standard InChI is InChI=1S/C20H27FN2O5/c1-5-26-17(24)12-8-13(21)16-14(22)10-20(27-15(16)9-12)6-7-23(11-20)18(25)28-19(2,3)4/h8-9,14H,5-7,10-11,22H2,1-4H3. The third kappa shape index (κ3) is 4.06. The smallest absolute Gasteiger partial charge is 0.410 e. The topological polar surface area (TPSA) is 91.1 Å². The zero-order valence-corrected chi connectivity index (χ0v) is 16.7. The molecule has 1 fully saturated rings. The molecule has 1 spiro atoms. The van der Waals surface area contributed by atoms with Gasteiger partial charge in [-0.25, -0.2) is 14.0 Å². The van der Waals surface area contributed by atoms with E-state index in [4.69, 9.17) is 19.9 Å². The number of fused-ring (bicyclic) bond motifs is 1. The molecule has 2 aliphatic heterocycles. The van der Waals surface area contributed by atoms with Gasteiger partial charge in [-0.1, -0.05) is 0 Å². The molecule has 2 aliphatic rings. The summed E-state index contributed by atoms with van der Waals surface area (Å²) < 4.78 is 31.1. The minimum Gasteiger partial charge on any atom is -0.485 e. The summed E-state index contributed by atoms with van der Waals surface area (Å²) in [5.74, 6) is -0.986. The Labute approximate surface area is 163 Å². The van der Waals surface area contributed by atoms with Gasteiger partial charge in [0.2, 0.25) is 0 Å². The Morgan fingerprint density at radius 2 is 2.11 bits per heavy atom. The molecule has 0 aliphatic carbocycles. The number of ether oxygens (including phenoxy) is 3. The van der Waals surface area contributed by atoms with Crippen molar-refractivity contribution in [2.75, 3.05) is 19.7 Å². The Bertz CT molecular complexity index is 792. The van der Waals surface area contributed by atoms with Gasteiger partial charge in [-0.2, -0.15) is 0 Å². The Morgan fingerprint density at radius 3 is 2.75 bits per heavy atom. The van der Waals surface area contributed by atoms with Crippen molar-refractivity contribution in [1.82, 2.24) is 4.90 Å². The molecule has 1 saturated heterocycles.